The number of thiazole rings is 1. The van der Waals surface area contributed by atoms with E-state index in [1.807, 2.05) is 54.8 Å². The molecule has 3 heterocycles. The molecule has 2 aromatic carbocycles. The number of ether oxygens (including phenoxy) is 1. The number of nitrogens with zero attached hydrogens (tertiary/aromatic N) is 3. The lowest BCUT2D eigenvalue weighted by atomic mass is 9.95. The lowest BCUT2D eigenvalue weighted by Crippen LogP contribution is -2.41. The number of carbonyl (C=O) groups excluding carboxylic acids is 1. The Kier molecular flexibility index (Phi) is 7.32. The lowest BCUT2D eigenvalue weighted by Gasteiger charge is -2.26. The minimum atomic E-state index is -4.97. The number of esters is 1. The van der Waals surface area contributed by atoms with Gasteiger partial charge in [-0.25, -0.2) is 9.79 Å². The van der Waals surface area contributed by atoms with Gasteiger partial charge in [0.1, 0.15) is 0 Å². The minimum absolute atomic E-state index is 0.151. The van der Waals surface area contributed by atoms with Crippen LogP contribution >= 0.6 is 22.9 Å². The van der Waals surface area contributed by atoms with Crippen LogP contribution in [0, 0.1) is 13.8 Å². The van der Waals surface area contributed by atoms with Gasteiger partial charge in [-0.1, -0.05) is 53.3 Å². The summed E-state index contributed by atoms with van der Waals surface area (Å²) < 4.78 is 51.2. The van der Waals surface area contributed by atoms with Crippen LogP contribution in [0.15, 0.2) is 81.7 Å². The van der Waals surface area contributed by atoms with Gasteiger partial charge in [-0.05, 0) is 68.3 Å². The molecule has 1 aliphatic heterocycles. The van der Waals surface area contributed by atoms with Gasteiger partial charge >= 0.3 is 12.1 Å². The Morgan fingerprint density at radius 1 is 1.12 bits per heavy atom. The first kappa shape index (κ1) is 27.7. The third-order valence-electron chi connectivity index (χ3n) is 6.55. The van der Waals surface area contributed by atoms with Crippen molar-refractivity contribution in [2.75, 3.05) is 6.61 Å². The fraction of sp³-hybridized carbons (Fsp3) is 0.207. The molecule has 11 heteroatoms. The largest absolute Gasteiger partial charge is 0.463 e. The van der Waals surface area contributed by atoms with Crippen molar-refractivity contribution in [2.45, 2.75) is 33.0 Å². The molecule has 0 saturated carbocycles. The SMILES string of the molecule is CCOC(=O)C1=C(C(F)(F)F)N=c2s/c(=C\c3cc(C)n(-c4ccccc4)c3C)c(=O)n2[C@H]1c1ccc(Cl)cc1. The molecule has 0 bridgehead atoms. The highest BCUT2D eigenvalue weighted by atomic mass is 35.5. The summed E-state index contributed by atoms with van der Waals surface area (Å²) in [5.41, 5.74) is 0.998. The standard InChI is InChI=1S/C29H23ClF3N3O3S/c1-4-39-27(38)23-24(18-10-12-20(30)13-11-18)36-26(37)22(40-28(36)34-25(23)29(31,32)33)15-19-14-16(2)35(17(19)3)21-8-6-5-7-9-21/h5-15,24H,4H2,1-3H3/b22-15-/t24-/m0/s1. The molecule has 40 heavy (non-hydrogen) atoms. The number of fused-ring (bicyclic) bond motifs is 1. The number of rotatable bonds is 5. The molecular formula is C29H23ClF3N3O3S. The second-order valence-corrected chi connectivity index (χ2v) is 10.6. The first-order chi connectivity index (χ1) is 19.0. The van der Waals surface area contributed by atoms with Crippen molar-refractivity contribution in [3.63, 3.8) is 0 Å². The van der Waals surface area contributed by atoms with Crippen LogP contribution in [-0.2, 0) is 9.53 Å². The predicted octanol–water partition coefficient (Wildman–Crippen LogP) is 5.40. The van der Waals surface area contributed by atoms with Crippen LogP contribution in [0.2, 0.25) is 5.02 Å². The summed E-state index contributed by atoms with van der Waals surface area (Å²) in [6, 6.07) is 16.1. The fourth-order valence-electron chi connectivity index (χ4n) is 4.85. The maximum absolute atomic E-state index is 14.3. The van der Waals surface area contributed by atoms with Crippen LogP contribution in [0.1, 0.15) is 35.5 Å². The van der Waals surface area contributed by atoms with E-state index < -0.39 is 35.0 Å². The van der Waals surface area contributed by atoms with Gasteiger partial charge in [0, 0.05) is 22.1 Å². The number of allylic oxidation sites excluding steroid dienone is 1. The lowest BCUT2D eigenvalue weighted by molar-refractivity contribution is -0.140. The molecule has 0 N–H and O–H groups in total. The van der Waals surface area contributed by atoms with Gasteiger partial charge in [0.25, 0.3) is 5.56 Å². The summed E-state index contributed by atoms with van der Waals surface area (Å²) in [5, 5.41) is 0.350. The van der Waals surface area contributed by atoms with Crippen LogP contribution in [0.5, 0.6) is 0 Å². The Labute approximate surface area is 235 Å². The van der Waals surface area contributed by atoms with E-state index in [0.717, 1.165) is 38.5 Å². The monoisotopic (exact) mass is 585 g/mol. The molecule has 0 amide bonds. The summed E-state index contributed by atoms with van der Waals surface area (Å²) in [5.74, 6) is -1.20. The molecule has 0 spiro atoms. The van der Waals surface area contributed by atoms with E-state index in [-0.39, 0.29) is 21.5 Å². The number of alkyl halides is 3. The molecule has 1 atom stereocenters. The number of aromatic nitrogens is 2. The number of hydrogen-bond donors (Lipinski definition) is 0. The van der Waals surface area contributed by atoms with Gasteiger partial charge in [-0.3, -0.25) is 9.36 Å². The van der Waals surface area contributed by atoms with Crippen LogP contribution in [0.4, 0.5) is 13.2 Å². The van der Waals surface area contributed by atoms with Gasteiger partial charge in [0.05, 0.1) is 22.8 Å². The molecule has 2 aromatic heterocycles. The summed E-state index contributed by atoms with van der Waals surface area (Å²) in [6.07, 6.45) is -3.33. The quantitative estimate of drug-likeness (QED) is 0.295. The van der Waals surface area contributed by atoms with Crippen molar-refractivity contribution in [2.24, 2.45) is 4.99 Å². The van der Waals surface area contributed by atoms with Crippen molar-refractivity contribution in [3.05, 3.63) is 119 Å². The number of hydrogen-bond acceptors (Lipinski definition) is 5. The van der Waals surface area contributed by atoms with Crippen LogP contribution in [0.25, 0.3) is 11.8 Å². The van der Waals surface area contributed by atoms with Gasteiger partial charge in [-0.2, -0.15) is 13.2 Å². The summed E-state index contributed by atoms with van der Waals surface area (Å²) in [6.45, 7) is 5.17. The van der Waals surface area contributed by atoms with Gasteiger partial charge in [0.15, 0.2) is 10.5 Å². The summed E-state index contributed by atoms with van der Waals surface area (Å²) in [4.78, 5) is 30.4. The topological polar surface area (TPSA) is 65.6 Å². The zero-order valence-electron chi connectivity index (χ0n) is 21.6. The Balaban J connectivity index is 1.77. The number of benzene rings is 2. The first-order valence-corrected chi connectivity index (χ1v) is 13.5. The van der Waals surface area contributed by atoms with E-state index >= 15 is 0 Å². The van der Waals surface area contributed by atoms with Gasteiger partial charge in [0.2, 0.25) is 0 Å². The zero-order valence-corrected chi connectivity index (χ0v) is 23.2. The van der Waals surface area contributed by atoms with Crippen molar-refractivity contribution in [1.29, 1.82) is 0 Å². The molecule has 0 unspecified atom stereocenters. The number of halogens is 4. The molecule has 1 aliphatic rings. The maximum atomic E-state index is 14.3. The van der Waals surface area contributed by atoms with Crippen molar-refractivity contribution >= 4 is 35.0 Å². The van der Waals surface area contributed by atoms with Gasteiger partial charge in [-0.15, -0.1) is 0 Å². The van der Waals surface area contributed by atoms with E-state index in [9.17, 15) is 22.8 Å². The normalized spacial score (nSPS) is 15.7. The van der Waals surface area contributed by atoms with Crippen LogP contribution in [0.3, 0.4) is 0 Å². The zero-order chi connectivity index (χ0) is 28.8. The minimum Gasteiger partial charge on any atom is -0.463 e. The Bertz CT molecular complexity index is 1820. The highest BCUT2D eigenvalue weighted by Crippen LogP contribution is 2.38. The molecule has 0 aliphatic carbocycles. The molecule has 0 fully saturated rings. The highest BCUT2D eigenvalue weighted by Gasteiger charge is 2.45. The Hall–Kier alpha value is -3.89. The molecule has 6 nitrogen and oxygen atoms in total. The van der Waals surface area contributed by atoms with Crippen molar-refractivity contribution < 1.29 is 22.7 Å². The van der Waals surface area contributed by atoms with E-state index in [4.69, 9.17) is 16.3 Å². The maximum Gasteiger partial charge on any atom is 0.434 e. The third kappa shape index (κ3) is 4.93. The predicted molar refractivity (Wildman–Crippen MR) is 147 cm³/mol. The summed E-state index contributed by atoms with van der Waals surface area (Å²) >= 11 is 6.86. The Morgan fingerprint density at radius 3 is 2.42 bits per heavy atom. The second kappa shape index (κ2) is 10.6. The van der Waals surface area contributed by atoms with E-state index in [2.05, 4.69) is 4.99 Å². The average Bonchev–Trinajstić information content (AvgIpc) is 3.37. The highest BCUT2D eigenvalue weighted by molar-refractivity contribution is 7.07. The summed E-state index contributed by atoms with van der Waals surface area (Å²) in [7, 11) is 0. The molecule has 0 saturated heterocycles. The second-order valence-electron chi connectivity index (χ2n) is 9.11. The number of carbonyl (C=O) groups is 1. The molecular weight excluding hydrogens is 563 g/mol. The van der Waals surface area contributed by atoms with E-state index in [1.165, 1.54) is 31.2 Å². The third-order valence-corrected chi connectivity index (χ3v) is 7.79. The molecule has 4 aromatic rings. The molecule has 0 radical (unpaired) electrons. The van der Waals surface area contributed by atoms with E-state index in [1.54, 1.807) is 6.08 Å². The van der Waals surface area contributed by atoms with Crippen LogP contribution in [-0.4, -0.2) is 27.9 Å². The number of para-hydroxylation sites is 1. The molecule has 5 rings (SSSR count). The van der Waals surface area contributed by atoms with Gasteiger partial charge < -0.3 is 9.30 Å². The first-order valence-electron chi connectivity index (χ1n) is 12.3. The smallest absolute Gasteiger partial charge is 0.434 e. The van der Waals surface area contributed by atoms with Crippen molar-refractivity contribution in [3.8, 4) is 5.69 Å². The fourth-order valence-corrected chi connectivity index (χ4v) is 5.97. The van der Waals surface area contributed by atoms with Crippen molar-refractivity contribution in [1.82, 2.24) is 9.13 Å². The number of aryl methyl sites for hydroxylation is 1. The molecule has 206 valence electrons. The average molecular weight is 586 g/mol. The Morgan fingerprint density at radius 2 is 1.80 bits per heavy atom. The van der Waals surface area contributed by atoms with Crippen LogP contribution < -0.4 is 14.9 Å². The van der Waals surface area contributed by atoms with E-state index in [0.29, 0.717) is 5.02 Å².